The van der Waals surface area contributed by atoms with E-state index in [2.05, 4.69) is 23.3 Å². The van der Waals surface area contributed by atoms with Gasteiger partial charge in [0.15, 0.2) is 5.65 Å². The summed E-state index contributed by atoms with van der Waals surface area (Å²) < 4.78 is 1.60. The van der Waals surface area contributed by atoms with Gasteiger partial charge in [-0.15, -0.1) is 12.8 Å². The number of nitrogens with two attached hydrogens (primary N) is 2. The highest BCUT2D eigenvalue weighted by atomic mass is 16.4. The smallest absolute Gasteiger partial charge is 0.320 e. The van der Waals surface area contributed by atoms with Crippen molar-refractivity contribution in [3.8, 4) is 12.8 Å². The summed E-state index contributed by atoms with van der Waals surface area (Å²) in [4.78, 5) is 15.8. The lowest BCUT2D eigenvalue weighted by molar-refractivity contribution is -0.140. The number of rotatable bonds is 4. The molecule has 2 unspecified atom stereocenters. The lowest BCUT2D eigenvalue weighted by Crippen LogP contribution is -2.43. The van der Waals surface area contributed by atoms with E-state index in [1.165, 1.54) is 5.01 Å². The second-order valence-corrected chi connectivity index (χ2v) is 6.45. The average Bonchev–Trinajstić information content (AvgIpc) is 3.07. The van der Waals surface area contributed by atoms with E-state index in [0.717, 1.165) is 23.3 Å². The number of fused-ring (bicyclic) bond motifs is 1. The van der Waals surface area contributed by atoms with Gasteiger partial charge in [-0.1, -0.05) is 0 Å². The zero-order valence-corrected chi connectivity index (χ0v) is 15.5. The Balaban J connectivity index is 0.00000126. The lowest BCUT2D eigenvalue weighted by atomic mass is 9.92. The summed E-state index contributed by atoms with van der Waals surface area (Å²) in [6.07, 6.45) is 12.8. The maximum atomic E-state index is 11.1. The van der Waals surface area contributed by atoms with E-state index in [9.17, 15) is 4.79 Å². The Morgan fingerprint density at radius 2 is 2.19 bits per heavy atom. The van der Waals surface area contributed by atoms with Crippen LogP contribution in [0.2, 0.25) is 0 Å². The number of nitrogens with zero attached hydrogens (tertiary/aromatic N) is 4. The van der Waals surface area contributed by atoms with Crippen molar-refractivity contribution < 1.29 is 9.90 Å². The zero-order chi connectivity index (χ0) is 20.1. The molecule has 2 aromatic heterocycles. The van der Waals surface area contributed by atoms with Crippen molar-refractivity contribution >= 4 is 23.0 Å². The predicted octanol–water partition coefficient (Wildman–Crippen LogP) is 0.647. The summed E-state index contributed by atoms with van der Waals surface area (Å²) in [7, 11) is 1.75. The van der Waals surface area contributed by atoms with Crippen LogP contribution in [0.1, 0.15) is 36.9 Å². The molecule has 6 N–H and O–H groups in total. The zero-order valence-electron chi connectivity index (χ0n) is 15.5. The number of allylic oxidation sites excluding steroid dienone is 1. The van der Waals surface area contributed by atoms with E-state index in [1.807, 2.05) is 13.0 Å². The van der Waals surface area contributed by atoms with Crippen LogP contribution in [-0.2, 0) is 4.79 Å². The SMILES string of the molecule is C#C.C/C(=C\N(C)N)c1cnn2c(N)cc(C3CCC(C(=O)O)NC3)nc12. The van der Waals surface area contributed by atoms with Crippen LogP contribution in [0.3, 0.4) is 0 Å². The summed E-state index contributed by atoms with van der Waals surface area (Å²) in [6, 6.07) is 1.32. The summed E-state index contributed by atoms with van der Waals surface area (Å²) in [5.74, 6) is 5.49. The minimum atomic E-state index is -0.814. The van der Waals surface area contributed by atoms with Crippen LogP contribution in [0.25, 0.3) is 11.2 Å². The second kappa shape index (κ2) is 8.53. The van der Waals surface area contributed by atoms with Gasteiger partial charge < -0.3 is 21.2 Å². The van der Waals surface area contributed by atoms with Crippen molar-refractivity contribution in [2.75, 3.05) is 19.3 Å². The van der Waals surface area contributed by atoms with Gasteiger partial charge in [0, 0.05) is 37.3 Å². The lowest BCUT2D eigenvalue weighted by Gasteiger charge is -2.27. The maximum Gasteiger partial charge on any atom is 0.320 e. The number of nitrogens with one attached hydrogen (secondary N) is 1. The van der Waals surface area contributed by atoms with Crippen molar-refractivity contribution in [2.45, 2.75) is 31.7 Å². The number of anilines is 1. The molecule has 0 saturated carbocycles. The van der Waals surface area contributed by atoms with Gasteiger partial charge in [-0.05, 0) is 25.3 Å². The molecule has 3 rings (SSSR count). The van der Waals surface area contributed by atoms with Gasteiger partial charge in [-0.2, -0.15) is 9.61 Å². The Hall–Kier alpha value is -3.09. The van der Waals surface area contributed by atoms with Crippen LogP contribution < -0.4 is 16.9 Å². The van der Waals surface area contributed by atoms with Gasteiger partial charge in [0.25, 0.3) is 0 Å². The monoisotopic (exact) mass is 371 g/mol. The van der Waals surface area contributed by atoms with E-state index in [0.29, 0.717) is 24.4 Å². The Morgan fingerprint density at radius 1 is 1.48 bits per heavy atom. The van der Waals surface area contributed by atoms with E-state index in [4.69, 9.17) is 21.7 Å². The fraction of sp³-hybridized carbons (Fsp3) is 0.389. The summed E-state index contributed by atoms with van der Waals surface area (Å²) >= 11 is 0. The first-order valence-electron chi connectivity index (χ1n) is 8.47. The molecule has 0 radical (unpaired) electrons. The quantitative estimate of drug-likeness (QED) is 0.349. The molecule has 0 amide bonds. The van der Waals surface area contributed by atoms with Crippen molar-refractivity contribution in [3.05, 3.63) is 29.7 Å². The highest BCUT2D eigenvalue weighted by molar-refractivity contribution is 5.75. The molecule has 9 nitrogen and oxygen atoms in total. The Bertz CT molecular complexity index is 861. The number of hydrogen-bond acceptors (Lipinski definition) is 7. The fourth-order valence-corrected chi connectivity index (χ4v) is 3.19. The number of nitrogen functional groups attached to an aromatic ring is 1. The van der Waals surface area contributed by atoms with Crippen LogP contribution >= 0.6 is 0 Å². The molecule has 144 valence electrons. The van der Waals surface area contributed by atoms with E-state index in [-0.39, 0.29) is 5.92 Å². The molecule has 2 atom stereocenters. The minimum absolute atomic E-state index is 0.118. The van der Waals surface area contributed by atoms with Crippen molar-refractivity contribution in [1.82, 2.24) is 24.9 Å². The third-order valence-electron chi connectivity index (χ3n) is 4.47. The molecular formula is C18H25N7O2. The van der Waals surface area contributed by atoms with E-state index in [1.54, 1.807) is 24.0 Å². The molecule has 0 aliphatic carbocycles. The number of piperidine rings is 1. The molecular weight excluding hydrogens is 346 g/mol. The van der Waals surface area contributed by atoms with Gasteiger partial charge in [-0.3, -0.25) is 4.79 Å². The fourth-order valence-electron chi connectivity index (χ4n) is 3.19. The molecule has 1 fully saturated rings. The summed E-state index contributed by atoms with van der Waals surface area (Å²) in [5, 5.41) is 17.9. The Morgan fingerprint density at radius 3 is 2.74 bits per heavy atom. The van der Waals surface area contributed by atoms with Crippen LogP contribution in [0, 0.1) is 12.8 Å². The van der Waals surface area contributed by atoms with E-state index >= 15 is 0 Å². The first-order chi connectivity index (χ1) is 12.9. The average molecular weight is 371 g/mol. The molecule has 0 spiro atoms. The standard InChI is InChI=1S/C16H23N7O2.C2H2/c1-9(8-22(2)18)11-7-20-23-14(17)5-13(21-15(11)23)10-3-4-12(16(24)25)19-6-10;1-2/h5,7-8,10,12,19H,3-4,6,17-18H2,1-2H3,(H,24,25);1-2H/b9-8+;. The number of aliphatic carboxylic acids is 1. The molecule has 3 heterocycles. The number of terminal acetylenes is 1. The van der Waals surface area contributed by atoms with Gasteiger partial charge in [-0.25, -0.2) is 10.8 Å². The van der Waals surface area contributed by atoms with Crippen molar-refractivity contribution in [1.29, 1.82) is 0 Å². The number of carboxylic acids is 1. The van der Waals surface area contributed by atoms with Crippen molar-refractivity contribution in [2.24, 2.45) is 5.84 Å². The molecule has 27 heavy (non-hydrogen) atoms. The second-order valence-electron chi connectivity index (χ2n) is 6.45. The van der Waals surface area contributed by atoms with Crippen LogP contribution in [0.5, 0.6) is 0 Å². The van der Waals surface area contributed by atoms with Crippen LogP contribution in [0.4, 0.5) is 5.82 Å². The number of hydrogen-bond donors (Lipinski definition) is 4. The largest absolute Gasteiger partial charge is 0.480 e. The molecule has 2 aromatic rings. The number of aromatic nitrogens is 3. The molecule has 9 heteroatoms. The third kappa shape index (κ3) is 4.36. The molecule has 0 aromatic carbocycles. The molecule has 1 aliphatic rings. The Labute approximate surface area is 158 Å². The Kier molecular flexibility index (Phi) is 6.39. The van der Waals surface area contributed by atoms with Gasteiger partial charge in [0.1, 0.15) is 11.9 Å². The molecule has 1 saturated heterocycles. The van der Waals surface area contributed by atoms with Gasteiger partial charge in [0.05, 0.1) is 11.9 Å². The maximum absolute atomic E-state index is 11.1. The summed E-state index contributed by atoms with van der Waals surface area (Å²) in [6.45, 7) is 2.49. The van der Waals surface area contributed by atoms with Gasteiger partial charge >= 0.3 is 5.97 Å². The van der Waals surface area contributed by atoms with Crippen LogP contribution in [-0.4, -0.2) is 50.3 Å². The third-order valence-corrected chi connectivity index (χ3v) is 4.47. The van der Waals surface area contributed by atoms with Crippen molar-refractivity contribution in [3.63, 3.8) is 0 Å². The number of carbonyl (C=O) groups is 1. The first kappa shape index (κ1) is 20.2. The predicted molar refractivity (Wildman–Crippen MR) is 104 cm³/mol. The normalized spacial score (nSPS) is 20.0. The van der Waals surface area contributed by atoms with Gasteiger partial charge in [0.2, 0.25) is 0 Å². The first-order valence-corrected chi connectivity index (χ1v) is 8.47. The van der Waals surface area contributed by atoms with Crippen LogP contribution in [0.15, 0.2) is 18.5 Å². The number of carboxylic acid groups (broad SMARTS) is 1. The highest BCUT2D eigenvalue weighted by Crippen LogP contribution is 2.28. The number of hydrazine groups is 1. The molecule has 1 aliphatic heterocycles. The molecule has 0 bridgehead atoms. The summed E-state index contributed by atoms with van der Waals surface area (Å²) in [5.41, 5.74) is 9.45. The highest BCUT2D eigenvalue weighted by Gasteiger charge is 2.27. The topological polar surface area (TPSA) is 135 Å². The minimum Gasteiger partial charge on any atom is -0.480 e. The van der Waals surface area contributed by atoms with E-state index < -0.39 is 12.0 Å².